The molecule has 2 heterocycles. The maximum Gasteiger partial charge on any atom is 2.00 e. The van der Waals surface area contributed by atoms with Gasteiger partial charge in [0.2, 0.25) is 0 Å². The second-order valence-corrected chi connectivity index (χ2v) is 5.52. The van der Waals surface area contributed by atoms with Gasteiger partial charge in [-0.15, -0.1) is 0 Å². The number of hydrogen-bond acceptors (Lipinski definition) is 1. The van der Waals surface area contributed by atoms with Crippen molar-refractivity contribution in [2.24, 2.45) is 0 Å². The predicted molar refractivity (Wildman–Crippen MR) is 70.6 cm³/mol. The zero-order valence-electron chi connectivity index (χ0n) is 10.6. The molecule has 0 amide bonds. The van der Waals surface area contributed by atoms with E-state index >= 15 is 0 Å². The molecule has 0 fully saturated rings. The summed E-state index contributed by atoms with van der Waals surface area (Å²) >= 11 is 0. The van der Waals surface area contributed by atoms with Crippen LogP contribution in [0.15, 0.2) is 53.1 Å². The van der Waals surface area contributed by atoms with Gasteiger partial charge in [0.05, 0.1) is 0 Å². The van der Waals surface area contributed by atoms with Crippen molar-refractivity contribution in [3.63, 3.8) is 0 Å². The van der Waals surface area contributed by atoms with Crippen molar-refractivity contribution < 1.29 is 51.0 Å². The SMILES string of the molecule is CC1=PC2=C(C)C=C(c3cccnc3)C2=C1.[Cl-].[Cl-].[Zr+2]. The summed E-state index contributed by atoms with van der Waals surface area (Å²) in [5.74, 6) is 0. The predicted octanol–water partition coefficient (Wildman–Crippen LogP) is -2.16. The number of aromatic nitrogens is 1. The van der Waals surface area contributed by atoms with E-state index in [1.807, 2.05) is 18.5 Å². The van der Waals surface area contributed by atoms with Gasteiger partial charge in [-0.05, 0) is 54.1 Å². The molecule has 19 heavy (non-hydrogen) atoms. The Kier molecular flexibility index (Phi) is 7.70. The van der Waals surface area contributed by atoms with E-state index in [2.05, 4.69) is 37.0 Å². The minimum Gasteiger partial charge on any atom is -1.00 e. The average molecular weight is 387 g/mol. The third-order valence-corrected chi connectivity index (χ3v) is 4.19. The molecule has 1 nitrogen and oxygen atoms in total. The molecule has 1 aromatic rings. The van der Waals surface area contributed by atoms with Gasteiger partial charge in [0, 0.05) is 23.3 Å². The van der Waals surface area contributed by atoms with E-state index in [1.165, 1.54) is 41.1 Å². The number of hydrogen-bond donors (Lipinski definition) is 0. The molecule has 1 aliphatic carbocycles. The average Bonchev–Trinajstić information content (AvgIpc) is 2.80. The molecular weight excluding hydrogens is 375 g/mol. The van der Waals surface area contributed by atoms with Crippen molar-refractivity contribution in [2.75, 3.05) is 0 Å². The van der Waals surface area contributed by atoms with Crippen LogP contribution in [0.3, 0.4) is 0 Å². The maximum atomic E-state index is 4.19. The third-order valence-electron chi connectivity index (χ3n) is 2.89. The Labute approximate surface area is 147 Å². The summed E-state index contributed by atoms with van der Waals surface area (Å²) < 4.78 is 0. The Morgan fingerprint density at radius 2 is 1.79 bits per heavy atom. The normalized spacial score (nSPS) is 16.2. The number of rotatable bonds is 1. The molecule has 0 aromatic carbocycles. The van der Waals surface area contributed by atoms with Crippen molar-refractivity contribution >= 4 is 19.1 Å². The molecule has 0 radical (unpaired) electrons. The van der Waals surface area contributed by atoms with Crippen molar-refractivity contribution in [1.29, 1.82) is 0 Å². The fourth-order valence-electron chi connectivity index (χ4n) is 2.18. The quantitative estimate of drug-likeness (QED) is 0.501. The van der Waals surface area contributed by atoms with Gasteiger partial charge < -0.3 is 24.8 Å². The van der Waals surface area contributed by atoms with E-state index in [-0.39, 0.29) is 51.0 Å². The summed E-state index contributed by atoms with van der Waals surface area (Å²) in [6, 6.07) is 4.12. The molecule has 2 aliphatic rings. The van der Waals surface area contributed by atoms with E-state index in [9.17, 15) is 0 Å². The molecule has 0 atom stereocenters. The van der Waals surface area contributed by atoms with E-state index in [4.69, 9.17) is 0 Å². The molecule has 0 saturated heterocycles. The monoisotopic (exact) mass is 385 g/mol. The largest absolute Gasteiger partial charge is 2.00 e. The van der Waals surface area contributed by atoms with Gasteiger partial charge in [-0.25, -0.2) is 0 Å². The van der Waals surface area contributed by atoms with Crippen molar-refractivity contribution in [3.05, 3.63) is 58.7 Å². The Bertz CT molecular complexity index is 589. The number of halogens is 2. The van der Waals surface area contributed by atoms with E-state index in [1.54, 1.807) is 0 Å². The fraction of sp³-hybridized carbons (Fsp3) is 0.143. The third kappa shape index (κ3) is 3.56. The van der Waals surface area contributed by atoms with Crippen LogP contribution in [0.5, 0.6) is 0 Å². The molecule has 5 heteroatoms. The molecule has 0 saturated carbocycles. The Hall–Kier alpha value is 0.00312. The molecule has 0 unspecified atom stereocenters. The minimum atomic E-state index is 0. The van der Waals surface area contributed by atoms with Crippen LogP contribution in [0.4, 0.5) is 0 Å². The smallest absolute Gasteiger partial charge is 1.00 e. The number of nitrogens with zero attached hydrogens (tertiary/aromatic N) is 1. The first-order valence-electron chi connectivity index (χ1n) is 5.36. The molecule has 0 spiro atoms. The molecule has 1 aromatic heterocycles. The van der Waals surface area contributed by atoms with E-state index < -0.39 is 0 Å². The molecule has 1 aliphatic heterocycles. The number of allylic oxidation sites excluding steroid dienone is 6. The summed E-state index contributed by atoms with van der Waals surface area (Å²) in [6.45, 7) is 4.38. The maximum absolute atomic E-state index is 4.19. The Morgan fingerprint density at radius 1 is 1.05 bits per heavy atom. The second-order valence-electron chi connectivity index (χ2n) is 4.14. The van der Waals surface area contributed by atoms with Crippen LogP contribution in [0.2, 0.25) is 0 Å². The van der Waals surface area contributed by atoms with Crippen LogP contribution in [0, 0.1) is 0 Å². The van der Waals surface area contributed by atoms with E-state index in [0.717, 1.165) is 0 Å². The van der Waals surface area contributed by atoms with Gasteiger partial charge >= 0.3 is 26.2 Å². The standard InChI is InChI=1S/C14H12NP.2ClH.Zr/c1-9-6-12(11-4-3-5-15-8-11)13-7-10(2)16-14(9)13;;;/h3-8H,1-2H3;2*1H;/q;;;+2/p-2. The number of fused-ring (bicyclic) bond motifs is 1. The van der Waals surface area contributed by atoms with Crippen LogP contribution >= 0.6 is 8.20 Å². The molecule has 3 rings (SSSR count). The number of pyridine rings is 1. The first-order valence-corrected chi connectivity index (χ1v) is 6.26. The second kappa shape index (κ2) is 7.70. The first kappa shape index (κ1) is 19.0. The topological polar surface area (TPSA) is 12.9 Å². The van der Waals surface area contributed by atoms with Gasteiger partial charge in [-0.1, -0.05) is 14.3 Å². The summed E-state index contributed by atoms with van der Waals surface area (Å²) in [5.41, 5.74) is 5.33. The van der Waals surface area contributed by atoms with Crippen LogP contribution in [0.1, 0.15) is 19.4 Å². The van der Waals surface area contributed by atoms with Crippen LogP contribution in [-0.4, -0.2) is 10.3 Å². The van der Waals surface area contributed by atoms with Gasteiger partial charge in [-0.2, -0.15) is 0 Å². The molecule has 0 bridgehead atoms. The van der Waals surface area contributed by atoms with Gasteiger partial charge in [-0.3, -0.25) is 4.98 Å². The van der Waals surface area contributed by atoms with Crippen molar-refractivity contribution in [2.45, 2.75) is 13.8 Å². The Balaban J connectivity index is 0.00000108. The van der Waals surface area contributed by atoms with E-state index in [0.29, 0.717) is 0 Å². The molecule has 0 N–H and O–H groups in total. The van der Waals surface area contributed by atoms with Crippen molar-refractivity contribution in [1.82, 2.24) is 4.98 Å². The first-order chi connectivity index (χ1) is 7.75. The summed E-state index contributed by atoms with van der Waals surface area (Å²) in [4.78, 5) is 4.19. The van der Waals surface area contributed by atoms with Gasteiger partial charge in [0.25, 0.3) is 0 Å². The van der Waals surface area contributed by atoms with Crippen LogP contribution in [0.25, 0.3) is 5.57 Å². The Morgan fingerprint density at radius 3 is 2.42 bits per heavy atom. The van der Waals surface area contributed by atoms with Crippen LogP contribution < -0.4 is 24.8 Å². The fourth-order valence-corrected chi connectivity index (χ4v) is 3.27. The zero-order chi connectivity index (χ0) is 11.1. The van der Waals surface area contributed by atoms with Gasteiger partial charge in [0.1, 0.15) is 0 Å². The summed E-state index contributed by atoms with van der Waals surface area (Å²) in [6.07, 6.45) is 8.33. The van der Waals surface area contributed by atoms with Crippen molar-refractivity contribution in [3.8, 4) is 0 Å². The van der Waals surface area contributed by atoms with Crippen LogP contribution in [-0.2, 0) is 26.2 Å². The minimum absolute atomic E-state index is 0. The molecule has 96 valence electrons. The summed E-state index contributed by atoms with van der Waals surface area (Å²) in [7, 11) is 1.37. The molecular formula is C14H12Cl2NPZr. The summed E-state index contributed by atoms with van der Waals surface area (Å²) in [5, 5.41) is 2.90. The van der Waals surface area contributed by atoms with Gasteiger partial charge in [0.15, 0.2) is 0 Å². The zero-order valence-corrected chi connectivity index (χ0v) is 15.5.